The van der Waals surface area contributed by atoms with E-state index in [-0.39, 0.29) is 0 Å². The lowest BCUT2D eigenvalue weighted by Crippen LogP contribution is -2.03. The molecule has 2 aliphatic carbocycles. The summed E-state index contributed by atoms with van der Waals surface area (Å²) in [6.07, 6.45) is 7.52. The van der Waals surface area contributed by atoms with Gasteiger partial charge in [0.05, 0.1) is 0 Å². The largest absolute Gasteiger partial charge is 0.0651 e. The van der Waals surface area contributed by atoms with E-state index in [0.29, 0.717) is 0 Å². The van der Waals surface area contributed by atoms with Gasteiger partial charge in [-0.1, -0.05) is 27.2 Å². The Morgan fingerprint density at radius 2 is 1.92 bits per heavy atom. The molecule has 0 amide bonds. The zero-order valence-corrected chi connectivity index (χ0v) is 9.42. The van der Waals surface area contributed by atoms with Crippen molar-refractivity contribution in [1.82, 2.24) is 0 Å². The van der Waals surface area contributed by atoms with Crippen LogP contribution in [0, 0.1) is 29.6 Å². The van der Waals surface area contributed by atoms with E-state index in [2.05, 4.69) is 20.8 Å². The van der Waals surface area contributed by atoms with Crippen molar-refractivity contribution in [2.45, 2.75) is 52.9 Å². The fourth-order valence-corrected chi connectivity index (χ4v) is 2.84. The molecule has 2 saturated carbocycles. The van der Waals surface area contributed by atoms with E-state index in [1.807, 2.05) is 0 Å². The van der Waals surface area contributed by atoms with Gasteiger partial charge in [0, 0.05) is 0 Å². The van der Waals surface area contributed by atoms with Crippen LogP contribution in [0.2, 0.25) is 0 Å². The van der Waals surface area contributed by atoms with Crippen molar-refractivity contribution < 1.29 is 0 Å². The summed E-state index contributed by atoms with van der Waals surface area (Å²) < 4.78 is 0. The van der Waals surface area contributed by atoms with Crippen LogP contribution in [0.1, 0.15) is 52.9 Å². The van der Waals surface area contributed by atoms with Crippen LogP contribution >= 0.6 is 0 Å². The van der Waals surface area contributed by atoms with E-state index in [1.165, 1.54) is 25.7 Å². The van der Waals surface area contributed by atoms with E-state index >= 15 is 0 Å². The van der Waals surface area contributed by atoms with Gasteiger partial charge in [-0.25, -0.2) is 0 Å². The molecule has 0 aromatic heterocycles. The van der Waals surface area contributed by atoms with E-state index in [0.717, 1.165) is 29.6 Å². The first-order valence-electron chi connectivity index (χ1n) is 6.22. The summed E-state index contributed by atoms with van der Waals surface area (Å²) in [5.41, 5.74) is 0. The van der Waals surface area contributed by atoms with Crippen molar-refractivity contribution in [1.29, 1.82) is 0 Å². The molecule has 0 heteroatoms. The molecule has 0 aromatic rings. The first-order valence-corrected chi connectivity index (χ1v) is 6.22. The summed E-state index contributed by atoms with van der Waals surface area (Å²) >= 11 is 0. The molecular weight excluding hydrogens is 156 g/mol. The molecule has 76 valence electrons. The van der Waals surface area contributed by atoms with Crippen LogP contribution in [-0.2, 0) is 0 Å². The fraction of sp³-hybridized carbons (Fsp3) is 1.00. The third kappa shape index (κ3) is 2.27. The second kappa shape index (κ2) is 3.63. The third-order valence-electron chi connectivity index (χ3n) is 4.42. The van der Waals surface area contributed by atoms with Crippen LogP contribution in [0.15, 0.2) is 0 Å². The Morgan fingerprint density at radius 1 is 1.23 bits per heavy atom. The summed E-state index contributed by atoms with van der Waals surface area (Å²) in [6, 6.07) is 0. The molecule has 2 fully saturated rings. The van der Waals surface area contributed by atoms with Gasteiger partial charge in [-0.15, -0.1) is 0 Å². The Hall–Kier alpha value is 0. The Kier molecular flexibility index (Phi) is 2.67. The topological polar surface area (TPSA) is 0 Å². The molecule has 0 saturated heterocycles. The van der Waals surface area contributed by atoms with Gasteiger partial charge in [0.2, 0.25) is 0 Å². The SMILES string of the molecule is CCC(C)CC1CC1C(C)C1CC1. The van der Waals surface area contributed by atoms with Crippen LogP contribution in [0.25, 0.3) is 0 Å². The molecule has 0 bridgehead atoms. The molecule has 0 radical (unpaired) electrons. The zero-order valence-electron chi connectivity index (χ0n) is 9.42. The van der Waals surface area contributed by atoms with Gasteiger partial charge in [0.25, 0.3) is 0 Å². The van der Waals surface area contributed by atoms with Crippen molar-refractivity contribution in [3.05, 3.63) is 0 Å². The Balaban J connectivity index is 1.69. The Morgan fingerprint density at radius 3 is 2.46 bits per heavy atom. The number of hydrogen-bond acceptors (Lipinski definition) is 0. The maximum atomic E-state index is 2.50. The van der Waals surface area contributed by atoms with Crippen LogP contribution in [-0.4, -0.2) is 0 Å². The highest BCUT2D eigenvalue weighted by Crippen LogP contribution is 2.54. The first-order chi connectivity index (χ1) is 6.22. The molecular formula is C13H24. The quantitative estimate of drug-likeness (QED) is 0.597. The van der Waals surface area contributed by atoms with Gasteiger partial charge in [0.1, 0.15) is 0 Å². The minimum atomic E-state index is 0.974. The third-order valence-corrected chi connectivity index (χ3v) is 4.42. The maximum Gasteiger partial charge on any atom is -0.0354 e. The molecule has 13 heavy (non-hydrogen) atoms. The lowest BCUT2D eigenvalue weighted by atomic mass is 9.94. The molecule has 0 aliphatic heterocycles. The predicted molar refractivity (Wildman–Crippen MR) is 57.6 cm³/mol. The van der Waals surface area contributed by atoms with Crippen molar-refractivity contribution in [2.75, 3.05) is 0 Å². The Labute approximate surface area is 83.1 Å². The molecule has 4 unspecified atom stereocenters. The summed E-state index contributed by atoms with van der Waals surface area (Å²) in [7, 11) is 0. The van der Waals surface area contributed by atoms with Crippen LogP contribution in [0.5, 0.6) is 0 Å². The van der Waals surface area contributed by atoms with Crippen molar-refractivity contribution in [3.8, 4) is 0 Å². The second-order valence-electron chi connectivity index (χ2n) is 5.61. The minimum Gasteiger partial charge on any atom is -0.0651 e. The van der Waals surface area contributed by atoms with Crippen molar-refractivity contribution in [3.63, 3.8) is 0 Å². The van der Waals surface area contributed by atoms with E-state index in [4.69, 9.17) is 0 Å². The second-order valence-corrected chi connectivity index (χ2v) is 5.61. The minimum absolute atomic E-state index is 0.974. The number of rotatable bonds is 5. The summed E-state index contributed by atoms with van der Waals surface area (Å²) in [5.74, 6) is 5.41. The van der Waals surface area contributed by atoms with E-state index < -0.39 is 0 Å². The van der Waals surface area contributed by atoms with Gasteiger partial charge in [0.15, 0.2) is 0 Å². The fourth-order valence-electron chi connectivity index (χ4n) is 2.84. The highest BCUT2D eigenvalue weighted by molar-refractivity contribution is 4.95. The van der Waals surface area contributed by atoms with Gasteiger partial charge in [-0.2, -0.15) is 0 Å². The highest BCUT2D eigenvalue weighted by Gasteiger charge is 2.45. The predicted octanol–water partition coefficient (Wildman–Crippen LogP) is 4.10. The molecule has 2 aliphatic rings. The summed E-state index contributed by atoms with van der Waals surface area (Å²) in [6.45, 7) is 7.24. The average Bonchev–Trinajstić information content (AvgIpc) is 2.98. The lowest BCUT2D eigenvalue weighted by molar-refractivity contribution is 0.385. The lowest BCUT2D eigenvalue weighted by Gasteiger charge is -2.11. The van der Waals surface area contributed by atoms with Crippen LogP contribution in [0.4, 0.5) is 0 Å². The van der Waals surface area contributed by atoms with Gasteiger partial charge < -0.3 is 0 Å². The molecule has 0 spiro atoms. The molecule has 0 N–H and O–H groups in total. The Bertz CT molecular complexity index is 169. The molecule has 0 aromatic carbocycles. The van der Waals surface area contributed by atoms with Gasteiger partial charge >= 0.3 is 0 Å². The summed E-state index contributed by atoms with van der Waals surface area (Å²) in [5, 5.41) is 0. The normalized spacial score (nSPS) is 37.2. The molecule has 0 nitrogen and oxygen atoms in total. The number of hydrogen-bond donors (Lipinski definition) is 0. The van der Waals surface area contributed by atoms with Crippen molar-refractivity contribution in [2.24, 2.45) is 29.6 Å². The smallest absolute Gasteiger partial charge is 0.0354 e. The first kappa shape index (κ1) is 9.55. The van der Waals surface area contributed by atoms with E-state index in [9.17, 15) is 0 Å². The summed E-state index contributed by atoms with van der Waals surface area (Å²) in [4.78, 5) is 0. The van der Waals surface area contributed by atoms with Gasteiger partial charge in [-0.05, 0) is 55.3 Å². The highest BCUT2D eigenvalue weighted by atomic mass is 14.5. The van der Waals surface area contributed by atoms with Crippen LogP contribution < -0.4 is 0 Å². The average molecular weight is 180 g/mol. The maximum absolute atomic E-state index is 2.50. The van der Waals surface area contributed by atoms with Crippen LogP contribution in [0.3, 0.4) is 0 Å². The van der Waals surface area contributed by atoms with Gasteiger partial charge in [-0.3, -0.25) is 0 Å². The molecule has 0 heterocycles. The molecule has 2 rings (SSSR count). The van der Waals surface area contributed by atoms with E-state index in [1.54, 1.807) is 6.42 Å². The standard InChI is InChI=1S/C13H24/c1-4-9(2)7-12-8-13(12)10(3)11-5-6-11/h9-13H,4-8H2,1-3H3. The van der Waals surface area contributed by atoms with Crippen molar-refractivity contribution >= 4 is 0 Å². The zero-order chi connectivity index (χ0) is 9.42. The monoisotopic (exact) mass is 180 g/mol. The molecule has 4 atom stereocenters.